The highest BCUT2D eigenvalue weighted by Gasteiger charge is 2.09. The molecule has 120 valence electrons. The predicted octanol–water partition coefficient (Wildman–Crippen LogP) is 4.29. The highest BCUT2D eigenvalue weighted by atomic mass is 35.5. The maximum atomic E-state index is 9.93. The predicted molar refractivity (Wildman–Crippen MR) is 89.6 cm³/mol. The number of nitrogens with one attached hydrogen (secondary N) is 1. The molecule has 0 aromatic heterocycles. The van der Waals surface area contributed by atoms with Crippen molar-refractivity contribution in [1.29, 1.82) is 0 Å². The highest BCUT2D eigenvalue weighted by molar-refractivity contribution is 6.34. The van der Waals surface area contributed by atoms with E-state index in [0.29, 0.717) is 28.4 Å². The molecule has 1 aromatic carbocycles. The third-order valence-electron chi connectivity index (χ3n) is 3.27. The highest BCUT2D eigenvalue weighted by Crippen LogP contribution is 2.27. The number of hydrogen-bond donors (Lipinski definition) is 2. The van der Waals surface area contributed by atoms with E-state index in [-0.39, 0.29) is 6.61 Å². The van der Waals surface area contributed by atoms with E-state index in [0.717, 1.165) is 6.42 Å². The summed E-state index contributed by atoms with van der Waals surface area (Å²) >= 11 is 11.9. The summed E-state index contributed by atoms with van der Waals surface area (Å²) in [5.41, 5.74) is 0. The van der Waals surface area contributed by atoms with Gasteiger partial charge in [-0.3, -0.25) is 0 Å². The first kappa shape index (κ1) is 18.6. The Kier molecular flexibility index (Phi) is 9.09. The molecule has 3 nitrogen and oxygen atoms in total. The Morgan fingerprint density at radius 2 is 2.05 bits per heavy atom. The van der Waals surface area contributed by atoms with E-state index >= 15 is 0 Å². The van der Waals surface area contributed by atoms with Crippen molar-refractivity contribution in [3.8, 4) is 5.75 Å². The minimum Gasteiger partial charge on any atom is -0.489 e. The van der Waals surface area contributed by atoms with E-state index in [1.54, 1.807) is 18.2 Å². The van der Waals surface area contributed by atoms with Crippen molar-refractivity contribution in [2.24, 2.45) is 0 Å². The van der Waals surface area contributed by atoms with Gasteiger partial charge >= 0.3 is 0 Å². The van der Waals surface area contributed by atoms with Crippen LogP contribution in [0.2, 0.25) is 10.0 Å². The molecule has 1 aromatic rings. The van der Waals surface area contributed by atoms with Crippen LogP contribution < -0.4 is 10.1 Å². The smallest absolute Gasteiger partial charge is 0.139 e. The Morgan fingerprint density at radius 1 is 1.29 bits per heavy atom. The average Bonchev–Trinajstić information content (AvgIpc) is 2.46. The first-order valence-electron chi connectivity index (χ1n) is 7.52. The van der Waals surface area contributed by atoms with E-state index in [1.165, 1.54) is 19.3 Å². The van der Waals surface area contributed by atoms with Crippen LogP contribution in [0.5, 0.6) is 5.75 Å². The molecule has 5 heteroatoms. The zero-order chi connectivity index (χ0) is 15.7. The molecule has 0 radical (unpaired) electrons. The molecular weight excluding hydrogens is 309 g/mol. The molecular formula is C16H25Cl2NO2. The fourth-order valence-corrected chi connectivity index (χ4v) is 2.31. The number of aliphatic hydroxyl groups is 1. The van der Waals surface area contributed by atoms with Gasteiger partial charge in [-0.1, -0.05) is 49.4 Å². The van der Waals surface area contributed by atoms with Crippen molar-refractivity contribution >= 4 is 23.2 Å². The summed E-state index contributed by atoms with van der Waals surface area (Å²) in [5.74, 6) is 0.499. The molecule has 21 heavy (non-hydrogen) atoms. The van der Waals surface area contributed by atoms with Gasteiger partial charge in [0.2, 0.25) is 0 Å². The third kappa shape index (κ3) is 7.91. The Labute approximate surface area is 137 Å². The van der Waals surface area contributed by atoms with Gasteiger partial charge in [-0.25, -0.2) is 0 Å². The van der Waals surface area contributed by atoms with Crippen LogP contribution in [0.4, 0.5) is 0 Å². The fourth-order valence-electron chi connectivity index (χ4n) is 1.97. The van der Waals surface area contributed by atoms with Gasteiger partial charge in [0.25, 0.3) is 0 Å². The SMILES string of the molecule is CCCCCC(C)NCC(O)COc1cc(Cl)ccc1Cl. The first-order chi connectivity index (χ1) is 10.0. The fraction of sp³-hybridized carbons (Fsp3) is 0.625. The number of halogens is 2. The lowest BCUT2D eigenvalue weighted by Gasteiger charge is -2.18. The molecule has 2 N–H and O–H groups in total. The Bertz CT molecular complexity index is 415. The summed E-state index contributed by atoms with van der Waals surface area (Å²) in [6.45, 7) is 5.03. The number of aliphatic hydroxyl groups excluding tert-OH is 1. The Morgan fingerprint density at radius 3 is 2.76 bits per heavy atom. The molecule has 0 aliphatic heterocycles. The molecule has 0 heterocycles. The summed E-state index contributed by atoms with van der Waals surface area (Å²) in [4.78, 5) is 0. The number of rotatable bonds is 10. The lowest BCUT2D eigenvalue weighted by atomic mass is 10.1. The molecule has 0 saturated carbocycles. The minimum atomic E-state index is -0.575. The van der Waals surface area contributed by atoms with Gasteiger partial charge in [0.15, 0.2) is 0 Å². The molecule has 0 spiro atoms. The van der Waals surface area contributed by atoms with Gasteiger partial charge in [0.1, 0.15) is 18.5 Å². The first-order valence-corrected chi connectivity index (χ1v) is 8.27. The lowest BCUT2D eigenvalue weighted by Crippen LogP contribution is -2.36. The molecule has 0 bridgehead atoms. The van der Waals surface area contributed by atoms with Crippen molar-refractivity contribution in [3.63, 3.8) is 0 Å². The molecule has 0 saturated heterocycles. The molecule has 0 aliphatic carbocycles. The van der Waals surface area contributed by atoms with Gasteiger partial charge < -0.3 is 15.2 Å². The quantitative estimate of drug-likeness (QED) is 0.627. The van der Waals surface area contributed by atoms with Crippen LogP contribution in [0.25, 0.3) is 0 Å². The molecule has 0 amide bonds. The molecule has 0 aliphatic rings. The molecule has 0 fully saturated rings. The zero-order valence-corrected chi connectivity index (χ0v) is 14.3. The van der Waals surface area contributed by atoms with Crippen molar-refractivity contribution in [3.05, 3.63) is 28.2 Å². The van der Waals surface area contributed by atoms with Crippen LogP contribution in [0.15, 0.2) is 18.2 Å². The van der Waals surface area contributed by atoms with Gasteiger partial charge in [0.05, 0.1) is 5.02 Å². The average molecular weight is 334 g/mol. The maximum absolute atomic E-state index is 9.93. The van der Waals surface area contributed by atoms with Crippen molar-refractivity contribution in [2.75, 3.05) is 13.2 Å². The summed E-state index contributed by atoms with van der Waals surface area (Å²) in [6, 6.07) is 5.44. The minimum absolute atomic E-state index is 0.189. The van der Waals surface area contributed by atoms with Crippen LogP contribution >= 0.6 is 23.2 Å². The Balaban J connectivity index is 2.24. The third-order valence-corrected chi connectivity index (χ3v) is 3.81. The van der Waals surface area contributed by atoms with Gasteiger partial charge in [-0.05, 0) is 25.5 Å². The van der Waals surface area contributed by atoms with E-state index in [1.807, 2.05) is 0 Å². The van der Waals surface area contributed by atoms with Crippen molar-refractivity contribution < 1.29 is 9.84 Å². The second-order valence-electron chi connectivity index (χ2n) is 5.34. The number of hydrogen-bond acceptors (Lipinski definition) is 3. The second-order valence-corrected chi connectivity index (χ2v) is 6.19. The second kappa shape index (κ2) is 10.3. The van der Waals surface area contributed by atoms with Crippen LogP contribution in [0.3, 0.4) is 0 Å². The molecule has 2 unspecified atom stereocenters. The van der Waals surface area contributed by atoms with E-state index in [4.69, 9.17) is 27.9 Å². The summed E-state index contributed by atoms with van der Waals surface area (Å²) in [6.07, 6.45) is 4.25. The normalized spacial score (nSPS) is 14.0. The zero-order valence-electron chi connectivity index (χ0n) is 12.7. The number of ether oxygens (including phenoxy) is 1. The van der Waals surface area contributed by atoms with Crippen LogP contribution in [-0.4, -0.2) is 30.4 Å². The van der Waals surface area contributed by atoms with E-state index < -0.39 is 6.10 Å². The Hall–Kier alpha value is -0.480. The number of benzene rings is 1. The molecule has 1 rings (SSSR count). The topological polar surface area (TPSA) is 41.5 Å². The van der Waals surface area contributed by atoms with Crippen LogP contribution in [-0.2, 0) is 0 Å². The van der Waals surface area contributed by atoms with Crippen LogP contribution in [0.1, 0.15) is 39.5 Å². The largest absolute Gasteiger partial charge is 0.489 e. The summed E-state index contributed by atoms with van der Waals surface area (Å²) < 4.78 is 5.50. The van der Waals surface area contributed by atoms with Crippen LogP contribution in [0, 0.1) is 0 Å². The van der Waals surface area contributed by atoms with Gasteiger partial charge in [-0.15, -0.1) is 0 Å². The standard InChI is InChI=1S/C16H25Cl2NO2/c1-3-4-5-6-12(2)19-10-14(20)11-21-16-9-13(17)7-8-15(16)18/h7-9,12,14,19-20H,3-6,10-11H2,1-2H3. The van der Waals surface area contributed by atoms with Gasteiger partial charge in [0, 0.05) is 23.7 Å². The van der Waals surface area contributed by atoms with Gasteiger partial charge in [-0.2, -0.15) is 0 Å². The monoisotopic (exact) mass is 333 g/mol. The van der Waals surface area contributed by atoms with Crippen molar-refractivity contribution in [2.45, 2.75) is 51.7 Å². The summed E-state index contributed by atoms with van der Waals surface area (Å²) in [5, 5.41) is 14.3. The summed E-state index contributed by atoms with van der Waals surface area (Å²) in [7, 11) is 0. The number of unbranched alkanes of at least 4 members (excludes halogenated alkanes) is 2. The maximum Gasteiger partial charge on any atom is 0.139 e. The van der Waals surface area contributed by atoms with E-state index in [2.05, 4.69) is 19.2 Å². The lowest BCUT2D eigenvalue weighted by molar-refractivity contribution is 0.104. The van der Waals surface area contributed by atoms with E-state index in [9.17, 15) is 5.11 Å². The van der Waals surface area contributed by atoms with Crippen molar-refractivity contribution in [1.82, 2.24) is 5.32 Å². The molecule has 2 atom stereocenters.